The summed E-state index contributed by atoms with van der Waals surface area (Å²) < 4.78 is 36.2. The number of rotatable bonds is 10. The molecule has 0 amide bonds. The van der Waals surface area contributed by atoms with Crippen LogP contribution in [0.4, 0.5) is 16.8 Å². The lowest BCUT2D eigenvalue weighted by molar-refractivity contribution is 0.184. The van der Waals surface area contributed by atoms with Crippen LogP contribution in [0.3, 0.4) is 0 Å². The van der Waals surface area contributed by atoms with Crippen LogP contribution in [0.15, 0.2) is 45.6 Å². The molecule has 0 saturated heterocycles. The van der Waals surface area contributed by atoms with E-state index in [4.69, 9.17) is 9.47 Å². The van der Waals surface area contributed by atoms with E-state index in [-0.39, 0.29) is 9.10 Å². The second-order valence-electron chi connectivity index (χ2n) is 6.30. The fourth-order valence-corrected chi connectivity index (χ4v) is 5.15. The second kappa shape index (κ2) is 9.94. The largest absolute Gasteiger partial charge is 0.383 e. The topological polar surface area (TPSA) is 115 Å². The molecule has 3 aromatic rings. The van der Waals surface area contributed by atoms with E-state index in [1.807, 2.05) is 6.07 Å². The van der Waals surface area contributed by atoms with Gasteiger partial charge in [-0.15, -0.1) is 0 Å². The maximum atomic E-state index is 13.0. The van der Waals surface area contributed by atoms with Gasteiger partial charge in [0.05, 0.1) is 24.3 Å². The lowest BCUT2D eigenvalue weighted by Gasteiger charge is -2.08. The third kappa shape index (κ3) is 5.51. The molecule has 0 atom stereocenters. The Balaban J connectivity index is 1.79. The van der Waals surface area contributed by atoms with E-state index in [1.165, 1.54) is 6.20 Å². The normalized spacial score (nSPS) is 11.4. The predicted octanol–water partition coefficient (Wildman–Crippen LogP) is 3.02. The number of ether oxygens (including phenoxy) is 2. The number of hydrogen-bond acceptors (Lipinski definition) is 10. The Hall–Kier alpha value is -2.60. The monoisotopic (exact) mass is 449 g/mol. The number of hydrogen-bond donors (Lipinski definition) is 2. The molecule has 30 heavy (non-hydrogen) atoms. The number of anilines is 3. The molecule has 160 valence electrons. The van der Waals surface area contributed by atoms with Crippen LogP contribution in [0, 0.1) is 6.92 Å². The van der Waals surface area contributed by atoms with Crippen LogP contribution >= 0.6 is 11.3 Å². The minimum atomic E-state index is -3.68. The first-order valence-electron chi connectivity index (χ1n) is 9.06. The first-order chi connectivity index (χ1) is 14.4. The van der Waals surface area contributed by atoms with E-state index in [1.54, 1.807) is 45.4 Å². The summed E-state index contributed by atoms with van der Waals surface area (Å²) in [7, 11) is -0.489. The first kappa shape index (κ1) is 22.1. The molecule has 11 heteroatoms. The third-order valence-corrected chi connectivity index (χ3v) is 7.08. The Labute approximate surface area is 179 Å². The molecule has 0 aliphatic rings. The average molecular weight is 450 g/mol. The molecule has 0 bridgehead atoms. The highest BCUT2D eigenvalue weighted by molar-refractivity contribution is 7.93. The fourth-order valence-electron chi connectivity index (χ4n) is 2.64. The van der Waals surface area contributed by atoms with Gasteiger partial charge < -0.3 is 20.1 Å². The minimum absolute atomic E-state index is 0.142. The fraction of sp³-hybridized carbons (Fsp3) is 0.316. The van der Waals surface area contributed by atoms with Crippen LogP contribution < -0.4 is 10.6 Å². The molecular formula is C19H23N5O4S2. The van der Waals surface area contributed by atoms with Gasteiger partial charge in [-0.2, -0.15) is 0 Å². The smallest absolute Gasteiger partial charge is 0.217 e. The first-order valence-corrected chi connectivity index (χ1v) is 11.4. The molecule has 2 N–H and O–H groups in total. The van der Waals surface area contributed by atoms with Crippen molar-refractivity contribution < 1.29 is 17.9 Å². The summed E-state index contributed by atoms with van der Waals surface area (Å²) in [4.78, 5) is 13.0. The van der Waals surface area contributed by atoms with Crippen LogP contribution in [0.2, 0.25) is 0 Å². The maximum absolute atomic E-state index is 13.0. The van der Waals surface area contributed by atoms with E-state index >= 15 is 0 Å². The zero-order valence-electron chi connectivity index (χ0n) is 16.9. The summed E-state index contributed by atoms with van der Waals surface area (Å²) in [6, 6.07) is 8.41. The van der Waals surface area contributed by atoms with Crippen molar-refractivity contribution >= 4 is 37.9 Å². The van der Waals surface area contributed by atoms with Crippen LogP contribution in [0.1, 0.15) is 11.4 Å². The number of nitrogens with one attached hydrogen (secondary N) is 2. The SMILES string of the molecule is COCCNc1cc(Nc2ncc(S(=O)(=O)c3cccc(COC)c3)s2)nc(C)n1. The lowest BCUT2D eigenvalue weighted by atomic mass is 10.2. The number of aryl methyl sites for hydroxylation is 1. The molecule has 3 rings (SSSR count). The average Bonchev–Trinajstić information content (AvgIpc) is 3.18. The van der Waals surface area contributed by atoms with Gasteiger partial charge in [-0.25, -0.2) is 23.4 Å². The van der Waals surface area contributed by atoms with E-state index in [9.17, 15) is 8.42 Å². The summed E-state index contributed by atoms with van der Waals surface area (Å²) >= 11 is 1.04. The van der Waals surface area contributed by atoms with Gasteiger partial charge in [0.25, 0.3) is 0 Å². The number of thiazole rings is 1. The highest BCUT2D eigenvalue weighted by Gasteiger charge is 2.21. The van der Waals surface area contributed by atoms with Crippen molar-refractivity contribution in [1.29, 1.82) is 0 Å². The van der Waals surface area contributed by atoms with Crippen LogP contribution in [-0.4, -0.2) is 50.7 Å². The summed E-state index contributed by atoms with van der Waals surface area (Å²) in [5, 5.41) is 6.61. The van der Waals surface area contributed by atoms with Gasteiger partial charge >= 0.3 is 0 Å². The van der Waals surface area contributed by atoms with Gasteiger partial charge in [-0.1, -0.05) is 23.5 Å². The zero-order valence-corrected chi connectivity index (χ0v) is 18.5. The molecule has 2 heterocycles. The Morgan fingerprint density at radius 1 is 1.10 bits per heavy atom. The van der Waals surface area contributed by atoms with Crippen molar-refractivity contribution in [2.75, 3.05) is 38.0 Å². The molecule has 9 nitrogen and oxygen atoms in total. The van der Waals surface area contributed by atoms with Crippen molar-refractivity contribution in [3.05, 3.63) is 47.9 Å². The summed E-state index contributed by atoms with van der Waals surface area (Å²) in [5.74, 6) is 1.73. The highest BCUT2D eigenvalue weighted by atomic mass is 32.2. The van der Waals surface area contributed by atoms with Crippen LogP contribution in [-0.2, 0) is 25.9 Å². The van der Waals surface area contributed by atoms with Gasteiger partial charge in [0.2, 0.25) is 9.84 Å². The Kier molecular flexibility index (Phi) is 7.32. The van der Waals surface area contributed by atoms with Crippen LogP contribution in [0.5, 0.6) is 0 Å². The molecule has 0 saturated carbocycles. The molecule has 0 unspecified atom stereocenters. The quantitative estimate of drug-likeness (QED) is 0.451. The summed E-state index contributed by atoms with van der Waals surface area (Å²) in [6.45, 7) is 3.27. The molecule has 1 aromatic carbocycles. The third-order valence-electron chi connectivity index (χ3n) is 3.95. The van der Waals surface area contributed by atoms with E-state index < -0.39 is 9.84 Å². The van der Waals surface area contributed by atoms with Gasteiger partial charge in [0.15, 0.2) is 5.13 Å². The van der Waals surface area contributed by atoms with Gasteiger partial charge in [-0.05, 0) is 24.6 Å². The summed E-state index contributed by atoms with van der Waals surface area (Å²) in [5.41, 5.74) is 0.784. The highest BCUT2D eigenvalue weighted by Crippen LogP contribution is 2.30. The Morgan fingerprint density at radius 2 is 1.90 bits per heavy atom. The lowest BCUT2D eigenvalue weighted by Crippen LogP contribution is -2.10. The van der Waals surface area contributed by atoms with Gasteiger partial charge in [-0.3, -0.25) is 0 Å². The van der Waals surface area contributed by atoms with E-state index in [2.05, 4.69) is 25.6 Å². The van der Waals surface area contributed by atoms with Crippen molar-refractivity contribution in [3.63, 3.8) is 0 Å². The molecular weight excluding hydrogens is 426 g/mol. The number of nitrogens with zero attached hydrogens (tertiary/aromatic N) is 3. The van der Waals surface area contributed by atoms with Gasteiger partial charge in [0, 0.05) is 26.8 Å². The van der Waals surface area contributed by atoms with Crippen molar-refractivity contribution in [2.24, 2.45) is 0 Å². The van der Waals surface area contributed by atoms with Crippen molar-refractivity contribution in [3.8, 4) is 0 Å². The molecule has 0 aliphatic heterocycles. The number of benzene rings is 1. The van der Waals surface area contributed by atoms with E-state index in [0.717, 1.165) is 16.9 Å². The number of methoxy groups -OCH3 is 2. The molecule has 0 fully saturated rings. The Bertz CT molecular complexity index is 1100. The standard InChI is InChI=1S/C19H23N5O4S2/c1-13-22-16(20-7-8-27-2)10-17(23-13)24-19-21-11-18(29-19)30(25,26)15-6-4-5-14(9-15)12-28-3/h4-6,9-11H,7-8,12H2,1-3H3,(H2,20,21,22,23,24). The molecule has 0 spiro atoms. The van der Waals surface area contributed by atoms with E-state index in [0.29, 0.717) is 42.4 Å². The zero-order chi connectivity index (χ0) is 21.6. The Morgan fingerprint density at radius 3 is 2.67 bits per heavy atom. The second-order valence-corrected chi connectivity index (χ2v) is 9.51. The van der Waals surface area contributed by atoms with Gasteiger partial charge in [0.1, 0.15) is 21.7 Å². The number of aromatic nitrogens is 3. The molecule has 0 aliphatic carbocycles. The van der Waals surface area contributed by atoms with Crippen molar-refractivity contribution in [2.45, 2.75) is 22.6 Å². The maximum Gasteiger partial charge on any atom is 0.217 e. The minimum Gasteiger partial charge on any atom is -0.383 e. The molecule has 0 radical (unpaired) electrons. The van der Waals surface area contributed by atoms with Crippen molar-refractivity contribution in [1.82, 2.24) is 15.0 Å². The predicted molar refractivity (Wildman–Crippen MR) is 115 cm³/mol. The number of sulfone groups is 1. The summed E-state index contributed by atoms with van der Waals surface area (Å²) in [6.07, 6.45) is 1.34. The molecule has 2 aromatic heterocycles. The van der Waals surface area contributed by atoms with Crippen LogP contribution in [0.25, 0.3) is 0 Å².